The van der Waals surface area contributed by atoms with Gasteiger partial charge in [-0.15, -0.1) is 0 Å². The lowest BCUT2D eigenvalue weighted by atomic mass is 10.1. The summed E-state index contributed by atoms with van der Waals surface area (Å²) in [5.74, 6) is 0.797. The first-order chi connectivity index (χ1) is 7.20. The number of nitrogens with zero attached hydrogens (tertiary/aromatic N) is 1. The van der Waals surface area contributed by atoms with E-state index in [-0.39, 0.29) is 12.1 Å². The second kappa shape index (κ2) is 4.10. The van der Waals surface area contributed by atoms with Crippen molar-refractivity contribution in [2.75, 3.05) is 13.7 Å². The third kappa shape index (κ3) is 2.07. The number of methoxy groups -OCH3 is 1. The van der Waals surface area contributed by atoms with E-state index in [0.29, 0.717) is 6.61 Å². The Morgan fingerprint density at radius 1 is 1.60 bits per heavy atom. The van der Waals surface area contributed by atoms with Crippen LogP contribution in [-0.2, 0) is 4.74 Å². The average molecular weight is 271 g/mol. The van der Waals surface area contributed by atoms with Crippen LogP contribution in [0.2, 0.25) is 0 Å². The highest BCUT2D eigenvalue weighted by Crippen LogP contribution is 2.32. The molecule has 0 aromatic heterocycles. The van der Waals surface area contributed by atoms with E-state index in [1.54, 1.807) is 7.11 Å². The number of hydrogen-bond acceptors (Lipinski definition) is 4. The molecule has 1 aromatic carbocycles. The molecule has 1 aliphatic heterocycles. The number of halogens is 1. The van der Waals surface area contributed by atoms with Gasteiger partial charge in [-0.05, 0) is 18.2 Å². The van der Waals surface area contributed by atoms with Gasteiger partial charge in [-0.2, -0.15) is 0 Å². The van der Waals surface area contributed by atoms with Gasteiger partial charge in [0.05, 0.1) is 7.11 Å². The maximum absolute atomic E-state index is 5.47. The lowest BCUT2D eigenvalue weighted by molar-refractivity contribution is 0.311. The molecule has 1 unspecified atom stereocenters. The van der Waals surface area contributed by atoms with Crippen molar-refractivity contribution in [1.29, 1.82) is 0 Å². The Balaban J connectivity index is 2.38. The van der Waals surface area contributed by atoms with Crippen molar-refractivity contribution < 1.29 is 9.47 Å². The summed E-state index contributed by atoms with van der Waals surface area (Å²) >= 11 is 3.41. The second-order valence-electron chi connectivity index (χ2n) is 3.18. The van der Waals surface area contributed by atoms with E-state index < -0.39 is 0 Å². The van der Waals surface area contributed by atoms with E-state index in [4.69, 9.17) is 15.2 Å². The number of rotatable bonds is 2. The van der Waals surface area contributed by atoms with Crippen LogP contribution in [0.5, 0.6) is 5.75 Å². The molecule has 0 saturated heterocycles. The summed E-state index contributed by atoms with van der Waals surface area (Å²) in [5.41, 5.74) is 6.45. The number of ether oxygens (including phenoxy) is 2. The van der Waals surface area contributed by atoms with Gasteiger partial charge in [-0.1, -0.05) is 15.9 Å². The third-order valence-electron chi connectivity index (χ3n) is 2.22. The first kappa shape index (κ1) is 10.3. The Kier molecular flexibility index (Phi) is 2.81. The van der Waals surface area contributed by atoms with Crippen molar-refractivity contribution >= 4 is 22.0 Å². The Morgan fingerprint density at radius 2 is 2.40 bits per heavy atom. The normalized spacial score (nSPS) is 19.6. The van der Waals surface area contributed by atoms with Crippen LogP contribution in [0.1, 0.15) is 11.6 Å². The quantitative estimate of drug-likeness (QED) is 0.893. The lowest BCUT2D eigenvalue weighted by Crippen LogP contribution is -2.10. The zero-order chi connectivity index (χ0) is 10.8. The van der Waals surface area contributed by atoms with E-state index in [1.807, 2.05) is 18.2 Å². The molecule has 0 bridgehead atoms. The number of benzene rings is 1. The van der Waals surface area contributed by atoms with Gasteiger partial charge in [-0.25, -0.2) is 4.99 Å². The first-order valence-electron chi connectivity index (χ1n) is 4.50. The largest absolute Gasteiger partial charge is 0.496 e. The fourth-order valence-corrected chi connectivity index (χ4v) is 1.90. The first-order valence-corrected chi connectivity index (χ1v) is 5.29. The predicted octanol–water partition coefficient (Wildman–Crippen LogP) is 1.84. The van der Waals surface area contributed by atoms with Gasteiger partial charge in [-0.3, -0.25) is 0 Å². The molecular weight excluding hydrogens is 260 g/mol. The van der Waals surface area contributed by atoms with E-state index in [2.05, 4.69) is 20.9 Å². The molecule has 0 radical (unpaired) electrons. The maximum Gasteiger partial charge on any atom is 0.282 e. The van der Waals surface area contributed by atoms with Crippen LogP contribution < -0.4 is 10.5 Å². The SMILES string of the molecule is COc1ccc(Br)cc1C1COC(N)=N1. The van der Waals surface area contributed by atoms with Crippen molar-refractivity contribution in [3.63, 3.8) is 0 Å². The van der Waals surface area contributed by atoms with Crippen LogP contribution in [0.15, 0.2) is 27.7 Å². The summed E-state index contributed by atoms with van der Waals surface area (Å²) in [6.07, 6.45) is 0. The maximum atomic E-state index is 5.47. The molecule has 0 spiro atoms. The summed E-state index contributed by atoms with van der Waals surface area (Å²) in [6, 6.07) is 5.95. The summed E-state index contributed by atoms with van der Waals surface area (Å²) in [5, 5.41) is 0. The van der Waals surface area contributed by atoms with E-state index in [1.165, 1.54) is 0 Å². The molecule has 1 heterocycles. The van der Waals surface area contributed by atoms with Crippen molar-refractivity contribution in [3.05, 3.63) is 28.2 Å². The fraction of sp³-hybridized carbons (Fsp3) is 0.300. The number of aliphatic imine (C=N–C) groups is 1. The van der Waals surface area contributed by atoms with Crippen LogP contribution >= 0.6 is 15.9 Å². The second-order valence-corrected chi connectivity index (χ2v) is 4.10. The third-order valence-corrected chi connectivity index (χ3v) is 2.72. The molecular formula is C10H11BrN2O2. The lowest BCUT2D eigenvalue weighted by Gasteiger charge is -2.11. The monoisotopic (exact) mass is 270 g/mol. The van der Waals surface area contributed by atoms with Crippen molar-refractivity contribution in [1.82, 2.24) is 0 Å². The molecule has 0 amide bonds. The van der Waals surface area contributed by atoms with Gasteiger partial charge in [0.15, 0.2) is 0 Å². The Labute approximate surface area is 96.2 Å². The van der Waals surface area contributed by atoms with E-state index in [9.17, 15) is 0 Å². The Morgan fingerprint density at radius 3 is 3.00 bits per heavy atom. The molecule has 0 fully saturated rings. The summed E-state index contributed by atoms with van der Waals surface area (Å²) < 4.78 is 11.4. The van der Waals surface area contributed by atoms with Gasteiger partial charge in [0.25, 0.3) is 6.02 Å². The molecule has 5 heteroatoms. The predicted molar refractivity (Wildman–Crippen MR) is 61.0 cm³/mol. The van der Waals surface area contributed by atoms with Gasteiger partial charge in [0, 0.05) is 10.0 Å². The van der Waals surface area contributed by atoms with Gasteiger partial charge in [0.1, 0.15) is 18.4 Å². The van der Waals surface area contributed by atoms with Crippen LogP contribution in [0.3, 0.4) is 0 Å². The van der Waals surface area contributed by atoms with E-state index >= 15 is 0 Å². The molecule has 2 N–H and O–H groups in total. The number of nitrogens with two attached hydrogens (primary N) is 1. The molecule has 4 nitrogen and oxygen atoms in total. The number of hydrogen-bond donors (Lipinski definition) is 1. The zero-order valence-electron chi connectivity index (χ0n) is 8.24. The Hall–Kier alpha value is -1.23. The Bertz CT molecular complexity index is 406. The molecule has 2 rings (SSSR count). The van der Waals surface area contributed by atoms with Crippen LogP contribution in [0.4, 0.5) is 0 Å². The van der Waals surface area contributed by atoms with Crippen molar-refractivity contribution in [3.8, 4) is 5.75 Å². The highest BCUT2D eigenvalue weighted by atomic mass is 79.9. The highest BCUT2D eigenvalue weighted by molar-refractivity contribution is 9.10. The number of amidine groups is 1. The van der Waals surface area contributed by atoms with Gasteiger partial charge < -0.3 is 15.2 Å². The minimum atomic E-state index is -0.0718. The standard InChI is InChI=1S/C10H11BrN2O2/c1-14-9-3-2-6(11)4-7(9)8-5-15-10(12)13-8/h2-4,8H,5H2,1H3,(H2,12,13). The van der Waals surface area contributed by atoms with Crippen LogP contribution in [0.25, 0.3) is 0 Å². The molecule has 0 saturated carbocycles. The smallest absolute Gasteiger partial charge is 0.282 e. The molecule has 1 aromatic rings. The molecule has 1 atom stereocenters. The summed E-state index contributed by atoms with van der Waals surface area (Å²) in [6.45, 7) is 0.471. The molecule has 80 valence electrons. The summed E-state index contributed by atoms with van der Waals surface area (Å²) in [7, 11) is 1.63. The van der Waals surface area contributed by atoms with Crippen LogP contribution in [0, 0.1) is 0 Å². The van der Waals surface area contributed by atoms with Gasteiger partial charge >= 0.3 is 0 Å². The zero-order valence-corrected chi connectivity index (χ0v) is 9.82. The van der Waals surface area contributed by atoms with Gasteiger partial charge in [0.2, 0.25) is 0 Å². The summed E-state index contributed by atoms with van der Waals surface area (Å²) in [4.78, 5) is 4.18. The minimum Gasteiger partial charge on any atom is -0.496 e. The minimum absolute atomic E-state index is 0.0718. The molecule has 15 heavy (non-hydrogen) atoms. The highest BCUT2D eigenvalue weighted by Gasteiger charge is 2.22. The fourth-order valence-electron chi connectivity index (χ4n) is 1.52. The molecule has 1 aliphatic rings. The molecule has 0 aliphatic carbocycles. The van der Waals surface area contributed by atoms with Crippen molar-refractivity contribution in [2.45, 2.75) is 6.04 Å². The van der Waals surface area contributed by atoms with E-state index in [0.717, 1.165) is 15.8 Å². The van der Waals surface area contributed by atoms with Crippen LogP contribution in [-0.4, -0.2) is 19.7 Å². The topological polar surface area (TPSA) is 56.8 Å². The van der Waals surface area contributed by atoms with Crippen molar-refractivity contribution in [2.24, 2.45) is 10.7 Å². The average Bonchev–Trinajstić information content (AvgIpc) is 2.65.